The van der Waals surface area contributed by atoms with Crippen molar-refractivity contribution in [1.29, 1.82) is 0 Å². The van der Waals surface area contributed by atoms with Gasteiger partial charge in [-0.15, -0.1) is 0 Å². The fraction of sp³-hybridized carbons (Fsp3) is 0.750. The van der Waals surface area contributed by atoms with Gasteiger partial charge >= 0.3 is 0 Å². The van der Waals surface area contributed by atoms with Crippen LogP contribution in [-0.4, -0.2) is 0 Å². The molecule has 0 N–H and O–H groups in total. The van der Waals surface area contributed by atoms with E-state index in [-0.39, 0.29) is 38.6 Å². The van der Waals surface area contributed by atoms with Crippen LogP contribution in [0.5, 0.6) is 0 Å². The van der Waals surface area contributed by atoms with E-state index in [2.05, 4.69) is 13.8 Å². The Kier molecular flexibility index (Phi) is 17.2. The molecule has 0 saturated heterocycles. The first-order valence-electron chi connectivity index (χ1n) is 1.71. The third-order valence-electron chi connectivity index (χ3n) is 0.354. The van der Waals surface area contributed by atoms with Crippen molar-refractivity contribution < 1.29 is 38.6 Å². The maximum atomic E-state index is 3.60. The summed E-state index contributed by atoms with van der Waals surface area (Å²) in [5, 5.41) is 0. The summed E-state index contributed by atoms with van der Waals surface area (Å²) in [5.74, 6) is 0. The molecule has 0 aliphatic carbocycles. The second-order valence-corrected chi connectivity index (χ2v) is 0.854. The average Bonchev–Trinajstić information content (AvgIpc) is 1.37. The van der Waals surface area contributed by atoms with Crippen LogP contribution in [0, 0.1) is 45.5 Å². The van der Waals surface area contributed by atoms with Crippen molar-refractivity contribution in [2.45, 2.75) is 19.8 Å². The zero-order chi connectivity index (χ0) is 3.41. The second-order valence-electron chi connectivity index (χ2n) is 0.854. The van der Waals surface area contributed by atoms with Gasteiger partial charge in [-0.3, -0.25) is 0 Å². The van der Waals surface area contributed by atoms with Crippen LogP contribution in [0.25, 0.3) is 0 Å². The van der Waals surface area contributed by atoms with Crippen molar-refractivity contribution in [1.82, 2.24) is 0 Å². The summed E-state index contributed by atoms with van der Waals surface area (Å²) in [6.07, 6.45) is 2.28. The largest absolute Gasteiger partial charge is 0.343 e. The Balaban J connectivity index is 0. The minimum atomic E-state index is 0. The predicted molar refractivity (Wildman–Crippen MR) is 20.3 cm³/mol. The third-order valence-corrected chi connectivity index (χ3v) is 0.354. The molecule has 1 heteroatoms. The van der Waals surface area contributed by atoms with Gasteiger partial charge in [0.1, 0.15) is 0 Å². The van der Waals surface area contributed by atoms with Gasteiger partial charge in [-0.1, -0.05) is 13.3 Å². The van der Waals surface area contributed by atoms with Gasteiger partial charge in [0.2, 0.25) is 0 Å². The summed E-state index contributed by atoms with van der Waals surface area (Å²) in [4.78, 5) is 0. The Bertz CT molecular complexity index is 5.61. The van der Waals surface area contributed by atoms with E-state index in [1.807, 2.05) is 0 Å². The third kappa shape index (κ3) is 10.9. The number of unbranched alkanes of at least 4 members (excludes halogenated alkanes) is 1. The molecule has 5 heavy (non-hydrogen) atoms. The molecule has 0 atom stereocenters. The molecule has 35 valence electrons. The SMILES string of the molecule is [CH2-]CCC.[Tb]. The van der Waals surface area contributed by atoms with Crippen LogP contribution in [0.2, 0.25) is 0 Å². The number of hydrogen-bond acceptors (Lipinski definition) is 0. The van der Waals surface area contributed by atoms with E-state index in [0.29, 0.717) is 0 Å². The van der Waals surface area contributed by atoms with Gasteiger partial charge in [0.25, 0.3) is 0 Å². The van der Waals surface area contributed by atoms with E-state index in [0.717, 1.165) is 6.42 Å². The van der Waals surface area contributed by atoms with E-state index in [1.165, 1.54) is 6.42 Å². The molecule has 0 nitrogen and oxygen atoms in total. The van der Waals surface area contributed by atoms with Gasteiger partial charge in [0.15, 0.2) is 0 Å². The van der Waals surface area contributed by atoms with Crippen molar-refractivity contribution in [2.24, 2.45) is 0 Å². The molecule has 0 aromatic heterocycles. The molecule has 0 spiro atoms. The van der Waals surface area contributed by atoms with E-state index in [4.69, 9.17) is 0 Å². The molecule has 0 heterocycles. The van der Waals surface area contributed by atoms with Gasteiger partial charge in [-0.2, -0.15) is 6.42 Å². The first kappa shape index (κ1) is 9.56. The van der Waals surface area contributed by atoms with Crippen molar-refractivity contribution >= 4 is 0 Å². The Morgan fingerprint density at radius 2 is 1.80 bits per heavy atom. The van der Waals surface area contributed by atoms with E-state index in [9.17, 15) is 0 Å². The molecule has 0 rings (SSSR count). The van der Waals surface area contributed by atoms with Crippen LogP contribution in [0.4, 0.5) is 0 Å². The minimum absolute atomic E-state index is 0. The molecular weight excluding hydrogens is 207 g/mol. The smallest absolute Gasteiger partial charge is 0 e. The monoisotopic (exact) mass is 216 g/mol. The summed E-state index contributed by atoms with van der Waals surface area (Å²) in [6.45, 7) is 5.72. The van der Waals surface area contributed by atoms with Crippen LogP contribution in [0.3, 0.4) is 0 Å². The van der Waals surface area contributed by atoms with E-state index in [1.54, 1.807) is 0 Å². The second kappa shape index (κ2) is 8.99. The standard InChI is InChI=1S/C4H9.Tb/c1-3-4-2;/h1,3-4H2,2H3;/q-1;. The van der Waals surface area contributed by atoms with Crippen LogP contribution in [0.15, 0.2) is 0 Å². The van der Waals surface area contributed by atoms with Crippen LogP contribution < -0.4 is 0 Å². The molecule has 0 aromatic rings. The molecule has 0 aliphatic rings. The van der Waals surface area contributed by atoms with Gasteiger partial charge in [0, 0.05) is 38.6 Å². The average molecular weight is 216 g/mol. The topological polar surface area (TPSA) is 0 Å². The first-order chi connectivity index (χ1) is 1.91. The summed E-state index contributed by atoms with van der Waals surface area (Å²) >= 11 is 0. The van der Waals surface area contributed by atoms with Crippen molar-refractivity contribution in [3.63, 3.8) is 0 Å². The fourth-order valence-corrected chi connectivity index (χ4v) is 0. The maximum absolute atomic E-state index is 3.60. The number of rotatable bonds is 1. The maximum Gasteiger partial charge on any atom is 0 e. The molecular formula is C4H9Tb-. The fourth-order valence-electron chi connectivity index (χ4n) is 0. The van der Waals surface area contributed by atoms with Crippen LogP contribution in [-0.2, 0) is 0 Å². The normalized spacial score (nSPS) is 6.00. The van der Waals surface area contributed by atoms with Crippen molar-refractivity contribution in [3.05, 3.63) is 6.92 Å². The molecule has 0 unspecified atom stereocenters. The summed E-state index contributed by atoms with van der Waals surface area (Å²) < 4.78 is 0. The van der Waals surface area contributed by atoms with Gasteiger partial charge in [-0.05, 0) is 0 Å². The Labute approximate surface area is 64.8 Å². The Morgan fingerprint density at radius 1 is 1.60 bits per heavy atom. The van der Waals surface area contributed by atoms with Crippen LogP contribution in [0.1, 0.15) is 19.8 Å². The first-order valence-corrected chi connectivity index (χ1v) is 1.71. The summed E-state index contributed by atoms with van der Waals surface area (Å²) in [6, 6.07) is 0. The number of hydrogen-bond donors (Lipinski definition) is 0. The molecule has 0 aliphatic heterocycles. The summed E-state index contributed by atoms with van der Waals surface area (Å²) in [7, 11) is 0. The Morgan fingerprint density at radius 3 is 1.80 bits per heavy atom. The molecule has 0 aromatic carbocycles. The summed E-state index contributed by atoms with van der Waals surface area (Å²) in [5.41, 5.74) is 0. The molecule has 0 saturated carbocycles. The van der Waals surface area contributed by atoms with Crippen molar-refractivity contribution in [3.8, 4) is 0 Å². The zero-order valence-electron chi connectivity index (χ0n) is 3.45. The van der Waals surface area contributed by atoms with Gasteiger partial charge in [0.05, 0.1) is 0 Å². The van der Waals surface area contributed by atoms with Crippen molar-refractivity contribution in [2.75, 3.05) is 0 Å². The molecule has 0 bridgehead atoms. The quantitative estimate of drug-likeness (QED) is 0.584. The predicted octanol–water partition coefficient (Wildman–Crippen LogP) is 1.62. The van der Waals surface area contributed by atoms with E-state index < -0.39 is 0 Å². The Hall–Kier alpha value is 1.29. The molecule has 0 fully saturated rings. The van der Waals surface area contributed by atoms with E-state index >= 15 is 0 Å². The van der Waals surface area contributed by atoms with Crippen LogP contribution >= 0.6 is 0 Å². The minimum Gasteiger partial charge on any atom is -0.343 e. The van der Waals surface area contributed by atoms with Gasteiger partial charge in [-0.25, -0.2) is 0 Å². The van der Waals surface area contributed by atoms with Gasteiger partial charge < -0.3 is 6.92 Å². The molecule has 0 amide bonds. The zero-order valence-corrected chi connectivity index (χ0v) is 5.59. The molecule has 1 radical (unpaired) electrons.